The average molecular weight is 127 g/mol. The van der Waals surface area contributed by atoms with Gasteiger partial charge >= 0.3 is 0 Å². The van der Waals surface area contributed by atoms with Crippen LogP contribution < -0.4 is 5.73 Å². The number of rotatable bonds is 0. The molecule has 3 nitrogen and oxygen atoms in total. The van der Waals surface area contributed by atoms with Crippen molar-refractivity contribution in [2.75, 3.05) is 6.61 Å². The molecule has 0 aromatic carbocycles. The lowest BCUT2D eigenvalue weighted by molar-refractivity contribution is 0.00637. The van der Waals surface area contributed by atoms with Crippen LogP contribution in [0.25, 0.3) is 0 Å². The van der Waals surface area contributed by atoms with Crippen LogP contribution in [0.1, 0.15) is 6.42 Å². The number of fused-ring (bicyclic) bond motifs is 1. The minimum Gasteiger partial charge on any atom is -0.478 e. The Labute approximate surface area is 53.4 Å². The predicted molar refractivity (Wildman–Crippen MR) is 31.5 cm³/mol. The summed E-state index contributed by atoms with van der Waals surface area (Å²) in [6.07, 6.45) is 4.26. The van der Waals surface area contributed by atoms with Gasteiger partial charge in [0.1, 0.15) is 6.10 Å². The second kappa shape index (κ2) is 1.49. The summed E-state index contributed by atoms with van der Waals surface area (Å²) in [7, 11) is 0. The highest BCUT2D eigenvalue weighted by atomic mass is 16.6. The smallest absolute Gasteiger partial charge is 0.189 e. The summed E-state index contributed by atoms with van der Waals surface area (Å²) in [6, 6.07) is 0. The van der Waals surface area contributed by atoms with E-state index >= 15 is 0 Å². The van der Waals surface area contributed by atoms with Gasteiger partial charge in [-0.3, -0.25) is 5.73 Å². The first-order valence-corrected chi connectivity index (χ1v) is 3.06. The van der Waals surface area contributed by atoms with E-state index in [9.17, 15) is 0 Å². The van der Waals surface area contributed by atoms with Crippen LogP contribution in [0, 0.1) is 0 Å². The summed E-state index contributed by atoms with van der Waals surface area (Å²) in [5.41, 5.74) is 5.23. The van der Waals surface area contributed by atoms with Crippen LogP contribution in [-0.4, -0.2) is 18.4 Å². The van der Waals surface area contributed by atoms with Crippen molar-refractivity contribution in [1.82, 2.24) is 0 Å². The number of hydrogen-bond acceptors (Lipinski definition) is 3. The number of ether oxygens (including phenoxy) is 2. The summed E-state index contributed by atoms with van der Waals surface area (Å²) in [6.45, 7) is 0.714. The molecule has 50 valence electrons. The molecule has 2 aliphatic heterocycles. The quantitative estimate of drug-likeness (QED) is 0.497. The molecule has 9 heavy (non-hydrogen) atoms. The lowest BCUT2D eigenvalue weighted by Gasteiger charge is -2.20. The topological polar surface area (TPSA) is 44.5 Å². The highest BCUT2D eigenvalue weighted by Gasteiger charge is 2.43. The van der Waals surface area contributed by atoms with E-state index < -0.39 is 5.72 Å². The van der Waals surface area contributed by atoms with Crippen LogP contribution in [0.15, 0.2) is 12.3 Å². The molecule has 2 N–H and O–H groups in total. The van der Waals surface area contributed by atoms with Gasteiger partial charge in [-0.2, -0.15) is 0 Å². The van der Waals surface area contributed by atoms with Crippen LogP contribution in [0.3, 0.4) is 0 Å². The van der Waals surface area contributed by atoms with Crippen molar-refractivity contribution in [3.05, 3.63) is 12.3 Å². The molecule has 0 spiro atoms. The van der Waals surface area contributed by atoms with Crippen molar-refractivity contribution in [3.63, 3.8) is 0 Å². The summed E-state index contributed by atoms with van der Waals surface area (Å²) in [4.78, 5) is 0. The fraction of sp³-hybridized carbons (Fsp3) is 0.667. The van der Waals surface area contributed by atoms with Gasteiger partial charge in [0, 0.05) is 6.42 Å². The lowest BCUT2D eigenvalue weighted by atomic mass is 10.1. The molecule has 0 aliphatic carbocycles. The van der Waals surface area contributed by atoms with E-state index in [0.717, 1.165) is 6.42 Å². The van der Waals surface area contributed by atoms with Gasteiger partial charge in [0.2, 0.25) is 0 Å². The van der Waals surface area contributed by atoms with Crippen LogP contribution >= 0.6 is 0 Å². The Bertz CT molecular complexity index is 157. The largest absolute Gasteiger partial charge is 0.478 e. The van der Waals surface area contributed by atoms with Gasteiger partial charge in [0.05, 0.1) is 12.9 Å². The van der Waals surface area contributed by atoms with Gasteiger partial charge in [-0.1, -0.05) is 0 Å². The molecule has 2 rings (SSSR count). The molecule has 2 aliphatic rings. The Morgan fingerprint density at radius 3 is 3.33 bits per heavy atom. The zero-order valence-electron chi connectivity index (χ0n) is 5.04. The van der Waals surface area contributed by atoms with E-state index in [-0.39, 0.29) is 6.10 Å². The molecule has 0 aromatic heterocycles. The van der Waals surface area contributed by atoms with Gasteiger partial charge < -0.3 is 9.47 Å². The second-order valence-corrected chi connectivity index (χ2v) is 2.44. The third kappa shape index (κ3) is 0.587. The van der Waals surface area contributed by atoms with Crippen LogP contribution in [0.5, 0.6) is 0 Å². The van der Waals surface area contributed by atoms with Gasteiger partial charge in [-0.15, -0.1) is 0 Å². The Hall–Kier alpha value is -0.540. The third-order valence-corrected chi connectivity index (χ3v) is 1.81. The third-order valence-electron chi connectivity index (χ3n) is 1.81. The highest BCUT2D eigenvalue weighted by molar-refractivity contribution is 5.07. The molecule has 2 heterocycles. The molecular weight excluding hydrogens is 118 g/mol. The standard InChI is InChI=1S/C6H9NO2/c7-6-2-4-8-5(6)1-3-9-6/h1,3,5H,2,4,7H2. The fourth-order valence-electron chi connectivity index (χ4n) is 1.21. The second-order valence-electron chi connectivity index (χ2n) is 2.44. The van der Waals surface area contributed by atoms with Crippen molar-refractivity contribution in [2.24, 2.45) is 5.73 Å². The molecule has 0 saturated carbocycles. The molecule has 2 unspecified atom stereocenters. The van der Waals surface area contributed by atoms with E-state index in [4.69, 9.17) is 15.2 Å². The maximum Gasteiger partial charge on any atom is 0.189 e. The van der Waals surface area contributed by atoms with Crippen LogP contribution in [0.2, 0.25) is 0 Å². The summed E-state index contributed by atoms with van der Waals surface area (Å²) in [5.74, 6) is 0. The number of hydrogen-bond donors (Lipinski definition) is 1. The minimum atomic E-state index is -0.528. The monoisotopic (exact) mass is 127 g/mol. The van der Waals surface area contributed by atoms with Crippen molar-refractivity contribution in [3.8, 4) is 0 Å². The maximum atomic E-state index is 5.75. The minimum absolute atomic E-state index is 0.00231. The van der Waals surface area contributed by atoms with E-state index in [2.05, 4.69) is 0 Å². The normalized spacial score (nSPS) is 47.0. The molecule has 2 atom stereocenters. The van der Waals surface area contributed by atoms with Gasteiger partial charge in [0.25, 0.3) is 0 Å². The molecule has 1 fully saturated rings. The van der Waals surface area contributed by atoms with Crippen molar-refractivity contribution >= 4 is 0 Å². The van der Waals surface area contributed by atoms with Crippen LogP contribution in [0.4, 0.5) is 0 Å². The Morgan fingerprint density at radius 1 is 1.67 bits per heavy atom. The summed E-state index contributed by atoms with van der Waals surface area (Å²) in [5, 5.41) is 0. The van der Waals surface area contributed by atoms with E-state index in [0.29, 0.717) is 6.61 Å². The van der Waals surface area contributed by atoms with Gasteiger partial charge in [-0.25, -0.2) is 0 Å². The van der Waals surface area contributed by atoms with Gasteiger partial charge in [0.15, 0.2) is 5.72 Å². The molecule has 0 bridgehead atoms. The SMILES string of the molecule is NC12CCOC1C=CO2. The molecule has 0 radical (unpaired) electrons. The van der Waals surface area contributed by atoms with Crippen molar-refractivity contribution < 1.29 is 9.47 Å². The zero-order valence-corrected chi connectivity index (χ0v) is 5.04. The molecule has 0 aromatic rings. The molecule has 1 saturated heterocycles. The summed E-state index contributed by atoms with van der Waals surface area (Å²) >= 11 is 0. The Balaban J connectivity index is 2.24. The predicted octanol–water partition coefficient (Wildman–Crippen LogP) is -0.0258. The van der Waals surface area contributed by atoms with Gasteiger partial charge in [-0.05, 0) is 6.08 Å². The van der Waals surface area contributed by atoms with Crippen molar-refractivity contribution in [2.45, 2.75) is 18.2 Å². The first-order valence-electron chi connectivity index (χ1n) is 3.06. The fourth-order valence-corrected chi connectivity index (χ4v) is 1.21. The highest BCUT2D eigenvalue weighted by Crippen LogP contribution is 2.30. The first-order chi connectivity index (χ1) is 4.31. The van der Waals surface area contributed by atoms with E-state index in [1.54, 1.807) is 6.26 Å². The molecule has 3 heteroatoms. The zero-order chi connectivity index (χ0) is 6.32. The van der Waals surface area contributed by atoms with E-state index in [1.165, 1.54) is 0 Å². The summed E-state index contributed by atoms with van der Waals surface area (Å²) < 4.78 is 10.4. The lowest BCUT2D eigenvalue weighted by Crippen LogP contribution is -2.44. The number of nitrogens with two attached hydrogens (primary N) is 1. The Morgan fingerprint density at radius 2 is 2.56 bits per heavy atom. The molecular formula is C6H9NO2. The van der Waals surface area contributed by atoms with Crippen molar-refractivity contribution in [1.29, 1.82) is 0 Å². The maximum absolute atomic E-state index is 5.75. The first kappa shape index (κ1) is 5.26. The molecule has 0 amide bonds. The Kier molecular flexibility index (Phi) is 0.870. The van der Waals surface area contributed by atoms with Crippen LogP contribution in [-0.2, 0) is 9.47 Å². The average Bonchev–Trinajstić information content (AvgIpc) is 2.22. The van der Waals surface area contributed by atoms with E-state index in [1.807, 2.05) is 6.08 Å².